The van der Waals surface area contributed by atoms with Gasteiger partial charge in [-0.25, -0.2) is 0 Å². The molecule has 4 nitrogen and oxygen atoms in total. The van der Waals surface area contributed by atoms with E-state index in [9.17, 15) is 10.1 Å². The first-order chi connectivity index (χ1) is 6.11. The van der Waals surface area contributed by atoms with E-state index in [2.05, 4.69) is 0 Å². The minimum Gasteiger partial charge on any atom is -0.393 e. The van der Waals surface area contributed by atoms with Crippen LogP contribution < -0.4 is 0 Å². The number of hydrogen-bond acceptors (Lipinski definition) is 3. The lowest BCUT2D eigenvalue weighted by molar-refractivity contribution is -0.385. The fourth-order valence-corrected chi connectivity index (χ4v) is 1.18. The van der Waals surface area contributed by atoms with Crippen LogP contribution in [0.3, 0.4) is 0 Å². The zero-order valence-corrected chi connectivity index (χ0v) is 7.30. The lowest BCUT2D eigenvalue weighted by atomic mass is 10.1. The molecule has 13 heavy (non-hydrogen) atoms. The summed E-state index contributed by atoms with van der Waals surface area (Å²) in [4.78, 5) is 10.1. The van der Waals surface area contributed by atoms with Crippen molar-refractivity contribution < 1.29 is 10.0 Å². The number of para-hydroxylation sites is 1. The van der Waals surface area contributed by atoms with E-state index >= 15 is 0 Å². The minimum atomic E-state index is -0.555. The second-order valence-electron chi connectivity index (χ2n) is 2.94. The zero-order valence-electron chi connectivity index (χ0n) is 7.30. The van der Waals surface area contributed by atoms with E-state index in [1.807, 2.05) is 0 Å². The molecule has 0 aliphatic carbocycles. The van der Waals surface area contributed by atoms with Crippen molar-refractivity contribution in [1.82, 2.24) is 0 Å². The topological polar surface area (TPSA) is 63.4 Å². The Kier molecular flexibility index (Phi) is 2.97. The number of rotatable bonds is 3. The number of hydrogen-bond donors (Lipinski definition) is 1. The summed E-state index contributed by atoms with van der Waals surface area (Å²) in [6.07, 6.45) is -0.238. The molecular weight excluding hydrogens is 170 g/mol. The Morgan fingerprint density at radius 2 is 2.15 bits per heavy atom. The van der Waals surface area contributed by atoms with E-state index in [-0.39, 0.29) is 5.69 Å². The van der Waals surface area contributed by atoms with Gasteiger partial charge in [-0.15, -0.1) is 0 Å². The van der Waals surface area contributed by atoms with Gasteiger partial charge in [0.25, 0.3) is 5.69 Å². The van der Waals surface area contributed by atoms with Crippen LogP contribution in [0.15, 0.2) is 24.3 Å². The maximum Gasteiger partial charge on any atom is 0.272 e. The first kappa shape index (κ1) is 9.67. The second kappa shape index (κ2) is 4.00. The van der Waals surface area contributed by atoms with Crippen molar-refractivity contribution in [3.8, 4) is 0 Å². The Morgan fingerprint density at radius 1 is 1.54 bits per heavy atom. The molecule has 1 rings (SSSR count). The van der Waals surface area contributed by atoms with Crippen molar-refractivity contribution in [2.75, 3.05) is 0 Å². The van der Waals surface area contributed by atoms with Crippen molar-refractivity contribution in [2.45, 2.75) is 19.4 Å². The predicted molar refractivity (Wildman–Crippen MR) is 48.5 cm³/mol. The highest BCUT2D eigenvalue weighted by atomic mass is 16.6. The van der Waals surface area contributed by atoms with Gasteiger partial charge in [-0.2, -0.15) is 0 Å². The number of aliphatic hydroxyl groups excluding tert-OH is 1. The summed E-state index contributed by atoms with van der Waals surface area (Å²) in [7, 11) is 0. The number of aliphatic hydroxyl groups is 1. The monoisotopic (exact) mass is 181 g/mol. The van der Waals surface area contributed by atoms with Crippen LogP contribution in [0.25, 0.3) is 0 Å². The van der Waals surface area contributed by atoms with Crippen molar-refractivity contribution in [1.29, 1.82) is 0 Å². The fourth-order valence-electron chi connectivity index (χ4n) is 1.18. The molecule has 0 fully saturated rings. The standard InChI is InChI=1S/C9H11NO3/c1-7(11)6-8-4-2-3-5-9(8)10(12)13/h2-5,7,11H,6H2,1H3/t7-/m0/s1. The lowest BCUT2D eigenvalue weighted by Gasteiger charge is -2.04. The third-order valence-corrected chi connectivity index (χ3v) is 1.70. The van der Waals surface area contributed by atoms with Crippen LogP contribution in [0.2, 0.25) is 0 Å². The Labute approximate surface area is 76.0 Å². The molecule has 1 aromatic carbocycles. The van der Waals surface area contributed by atoms with Crippen LogP contribution in [0, 0.1) is 10.1 Å². The average molecular weight is 181 g/mol. The highest BCUT2D eigenvalue weighted by molar-refractivity contribution is 5.40. The third-order valence-electron chi connectivity index (χ3n) is 1.70. The summed E-state index contributed by atoms with van der Waals surface area (Å²) >= 11 is 0. The summed E-state index contributed by atoms with van der Waals surface area (Å²) in [6, 6.07) is 6.44. The van der Waals surface area contributed by atoms with Crippen LogP contribution in [0.5, 0.6) is 0 Å². The van der Waals surface area contributed by atoms with Gasteiger partial charge in [-0.1, -0.05) is 18.2 Å². The van der Waals surface area contributed by atoms with Crippen molar-refractivity contribution in [3.63, 3.8) is 0 Å². The zero-order chi connectivity index (χ0) is 9.84. The summed E-state index contributed by atoms with van der Waals surface area (Å²) in [5.41, 5.74) is 0.644. The summed E-state index contributed by atoms with van der Waals surface area (Å²) < 4.78 is 0. The van der Waals surface area contributed by atoms with Crippen molar-refractivity contribution in [2.24, 2.45) is 0 Å². The smallest absolute Gasteiger partial charge is 0.272 e. The van der Waals surface area contributed by atoms with Gasteiger partial charge < -0.3 is 5.11 Å². The molecule has 4 heteroatoms. The average Bonchev–Trinajstić information content (AvgIpc) is 2.03. The van der Waals surface area contributed by atoms with E-state index < -0.39 is 11.0 Å². The Bertz CT molecular complexity index is 309. The van der Waals surface area contributed by atoms with Crippen LogP contribution in [0.1, 0.15) is 12.5 Å². The van der Waals surface area contributed by atoms with E-state index in [0.29, 0.717) is 12.0 Å². The van der Waals surface area contributed by atoms with Gasteiger partial charge in [0.15, 0.2) is 0 Å². The van der Waals surface area contributed by atoms with Gasteiger partial charge >= 0.3 is 0 Å². The molecule has 1 aromatic rings. The molecule has 0 aromatic heterocycles. The van der Waals surface area contributed by atoms with Gasteiger partial charge in [0.1, 0.15) is 0 Å². The fraction of sp³-hybridized carbons (Fsp3) is 0.333. The van der Waals surface area contributed by atoms with Crippen LogP contribution in [0.4, 0.5) is 5.69 Å². The number of nitrogens with zero attached hydrogens (tertiary/aromatic N) is 1. The number of nitro groups is 1. The largest absolute Gasteiger partial charge is 0.393 e. The summed E-state index contributed by atoms with van der Waals surface area (Å²) in [5, 5.41) is 19.6. The van der Waals surface area contributed by atoms with Crippen LogP contribution >= 0.6 is 0 Å². The molecule has 70 valence electrons. The molecule has 1 N–H and O–H groups in total. The molecule has 0 saturated heterocycles. The first-order valence-corrected chi connectivity index (χ1v) is 4.01. The Balaban J connectivity index is 2.98. The van der Waals surface area contributed by atoms with Gasteiger partial charge in [0.05, 0.1) is 11.0 Å². The molecule has 0 aliphatic rings. The normalized spacial score (nSPS) is 12.5. The first-order valence-electron chi connectivity index (χ1n) is 4.01. The molecule has 0 amide bonds. The third kappa shape index (κ3) is 2.52. The highest BCUT2D eigenvalue weighted by Gasteiger charge is 2.13. The van der Waals surface area contributed by atoms with Crippen LogP contribution in [-0.2, 0) is 6.42 Å². The number of benzene rings is 1. The maximum absolute atomic E-state index is 10.5. The summed E-state index contributed by atoms with van der Waals surface area (Å²) in [6.45, 7) is 1.61. The van der Waals surface area contributed by atoms with E-state index in [0.717, 1.165) is 0 Å². The molecule has 1 atom stereocenters. The highest BCUT2D eigenvalue weighted by Crippen LogP contribution is 2.18. The van der Waals surface area contributed by atoms with Crippen molar-refractivity contribution in [3.05, 3.63) is 39.9 Å². The molecule has 0 saturated carbocycles. The van der Waals surface area contributed by atoms with Gasteiger partial charge in [-0.3, -0.25) is 10.1 Å². The quantitative estimate of drug-likeness (QED) is 0.568. The molecule has 0 heterocycles. The van der Waals surface area contributed by atoms with Gasteiger partial charge in [-0.05, 0) is 6.92 Å². The van der Waals surface area contributed by atoms with E-state index in [4.69, 9.17) is 5.11 Å². The van der Waals surface area contributed by atoms with Crippen LogP contribution in [-0.4, -0.2) is 16.1 Å². The van der Waals surface area contributed by atoms with Crippen molar-refractivity contribution >= 4 is 5.69 Å². The molecular formula is C9H11NO3. The van der Waals surface area contributed by atoms with E-state index in [1.165, 1.54) is 6.07 Å². The van der Waals surface area contributed by atoms with Gasteiger partial charge in [0, 0.05) is 18.1 Å². The molecule has 0 bridgehead atoms. The Morgan fingerprint density at radius 3 is 2.69 bits per heavy atom. The molecule has 0 unspecified atom stereocenters. The lowest BCUT2D eigenvalue weighted by Crippen LogP contribution is -2.06. The molecule has 0 aliphatic heterocycles. The minimum absolute atomic E-state index is 0.0726. The molecule has 0 radical (unpaired) electrons. The predicted octanol–water partition coefficient (Wildman–Crippen LogP) is 1.52. The molecule has 0 spiro atoms. The Hall–Kier alpha value is -1.42. The SMILES string of the molecule is C[C@H](O)Cc1ccccc1[N+](=O)[O-]. The van der Waals surface area contributed by atoms with Gasteiger partial charge in [0.2, 0.25) is 0 Å². The second-order valence-corrected chi connectivity index (χ2v) is 2.94. The maximum atomic E-state index is 10.5. The summed E-state index contributed by atoms with van der Waals surface area (Å²) in [5.74, 6) is 0. The van der Waals surface area contributed by atoms with E-state index in [1.54, 1.807) is 25.1 Å². The number of nitro benzene ring substituents is 1.